The van der Waals surface area contributed by atoms with Crippen molar-refractivity contribution in [2.24, 2.45) is 0 Å². The van der Waals surface area contributed by atoms with Crippen LogP contribution in [0.3, 0.4) is 0 Å². The minimum atomic E-state index is 0.750. The number of carbonyl (C=O) groups excluding carboxylic acids is 1. The highest BCUT2D eigenvalue weighted by Gasteiger charge is 2.05. The Hall–Kier alpha value is -3.72. The van der Waals surface area contributed by atoms with Crippen molar-refractivity contribution >= 4 is 24.1 Å². The highest BCUT2D eigenvalue weighted by molar-refractivity contribution is 5.65. The molecule has 0 saturated heterocycles. The Morgan fingerprint density at radius 3 is 2.27 bits per heavy atom. The van der Waals surface area contributed by atoms with Crippen molar-refractivity contribution in [1.82, 2.24) is 10.3 Å². The molecule has 2 aromatic carbocycles. The van der Waals surface area contributed by atoms with E-state index in [9.17, 15) is 0 Å². The van der Waals surface area contributed by atoms with E-state index in [4.69, 9.17) is 4.79 Å². The highest BCUT2D eigenvalue weighted by Crippen LogP contribution is 2.19. The second-order valence-electron chi connectivity index (χ2n) is 8.45. The lowest BCUT2D eigenvalue weighted by atomic mass is 10.0. The summed E-state index contributed by atoms with van der Waals surface area (Å²) >= 11 is 0. The number of aldehydes is 1. The van der Waals surface area contributed by atoms with Crippen molar-refractivity contribution in [2.45, 2.75) is 60.8 Å². The van der Waals surface area contributed by atoms with E-state index in [1.165, 1.54) is 40.4 Å². The molecule has 0 aliphatic heterocycles. The zero-order chi connectivity index (χ0) is 27.6. The van der Waals surface area contributed by atoms with Crippen LogP contribution in [-0.4, -0.2) is 18.3 Å². The maximum Gasteiger partial charge on any atom is 0.116 e. The van der Waals surface area contributed by atoms with Crippen molar-refractivity contribution in [3.63, 3.8) is 0 Å². The SMILES string of the molecule is C=C(NC)c1cccc(Cc2ccc(C)cc2)c1.CC.CC=O.CCc1nc2c(cc1C)C=CCC=C2. The minimum absolute atomic E-state index is 0.750. The van der Waals surface area contributed by atoms with Gasteiger partial charge in [-0.1, -0.05) is 93.6 Å². The summed E-state index contributed by atoms with van der Waals surface area (Å²) in [6, 6.07) is 19.4. The van der Waals surface area contributed by atoms with Crippen LogP contribution in [0.1, 0.15) is 78.9 Å². The van der Waals surface area contributed by atoms with Crippen LogP contribution in [0.15, 0.2) is 73.3 Å². The van der Waals surface area contributed by atoms with Gasteiger partial charge in [0.1, 0.15) is 6.29 Å². The molecule has 0 saturated carbocycles. The fourth-order valence-electron chi connectivity index (χ4n) is 3.72. The van der Waals surface area contributed by atoms with Gasteiger partial charge in [-0.3, -0.25) is 4.98 Å². The molecule has 0 bridgehead atoms. The Morgan fingerprint density at radius 1 is 1.00 bits per heavy atom. The average molecular weight is 497 g/mol. The van der Waals surface area contributed by atoms with Crippen LogP contribution >= 0.6 is 0 Å². The molecule has 1 aliphatic carbocycles. The molecule has 1 heterocycles. The summed E-state index contributed by atoms with van der Waals surface area (Å²) in [6.07, 6.45) is 12.3. The molecule has 3 heteroatoms. The topological polar surface area (TPSA) is 42.0 Å². The molecule has 196 valence electrons. The maximum atomic E-state index is 8.81. The van der Waals surface area contributed by atoms with Gasteiger partial charge < -0.3 is 10.1 Å². The summed E-state index contributed by atoms with van der Waals surface area (Å²) < 4.78 is 0. The van der Waals surface area contributed by atoms with Crippen LogP contribution in [0.25, 0.3) is 17.8 Å². The summed E-state index contributed by atoms with van der Waals surface area (Å²) in [5, 5.41) is 3.09. The quantitative estimate of drug-likeness (QED) is 0.361. The number of hydrogen-bond donors (Lipinski definition) is 1. The third-order valence-electron chi connectivity index (χ3n) is 5.66. The second-order valence-corrected chi connectivity index (χ2v) is 8.45. The van der Waals surface area contributed by atoms with Crippen LogP contribution in [0.5, 0.6) is 0 Å². The van der Waals surface area contributed by atoms with Crippen molar-refractivity contribution in [3.8, 4) is 0 Å². The van der Waals surface area contributed by atoms with Crippen molar-refractivity contribution in [1.29, 1.82) is 0 Å². The zero-order valence-corrected chi connectivity index (χ0v) is 23.8. The van der Waals surface area contributed by atoms with Gasteiger partial charge in [0, 0.05) is 24.0 Å². The Bertz CT molecular complexity index is 1170. The summed E-state index contributed by atoms with van der Waals surface area (Å²) in [6.45, 7) is 15.8. The minimum Gasteiger partial charge on any atom is -0.388 e. The number of fused-ring (bicyclic) bond motifs is 1. The molecular weight excluding hydrogens is 452 g/mol. The van der Waals surface area contributed by atoms with Crippen LogP contribution in [0, 0.1) is 13.8 Å². The first-order valence-corrected chi connectivity index (χ1v) is 13.2. The van der Waals surface area contributed by atoms with Gasteiger partial charge in [-0.2, -0.15) is 0 Å². The van der Waals surface area contributed by atoms with Crippen molar-refractivity contribution in [2.75, 3.05) is 7.05 Å². The lowest BCUT2D eigenvalue weighted by molar-refractivity contribution is -0.106. The lowest BCUT2D eigenvalue weighted by Gasteiger charge is -2.08. The molecule has 0 spiro atoms. The van der Waals surface area contributed by atoms with Gasteiger partial charge in [-0.25, -0.2) is 0 Å². The number of carbonyl (C=O) groups is 1. The molecule has 0 radical (unpaired) electrons. The van der Waals surface area contributed by atoms with Gasteiger partial charge in [0.05, 0.1) is 5.69 Å². The summed E-state index contributed by atoms with van der Waals surface area (Å²) in [5.41, 5.74) is 10.9. The van der Waals surface area contributed by atoms with Gasteiger partial charge in [-0.15, -0.1) is 0 Å². The van der Waals surface area contributed by atoms with Gasteiger partial charge >= 0.3 is 0 Å². The fraction of sp³-hybridized carbons (Fsp3) is 0.294. The first kappa shape index (κ1) is 31.3. The van der Waals surface area contributed by atoms with Gasteiger partial charge in [-0.05, 0) is 80.5 Å². The van der Waals surface area contributed by atoms with Crippen LogP contribution in [-0.2, 0) is 17.6 Å². The fourth-order valence-corrected chi connectivity index (χ4v) is 3.72. The number of pyridine rings is 1. The number of hydrogen-bond acceptors (Lipinski definition) is 3. The number of rotatable bonds is 5. The number of aromatic nitrogens is 1. The first-order valence-electron chi connectivity index (χ1n) is 13.2. The molecule has 0 fully saturated rings. The highest BCUT2D eigenvalue weighted by atomic mass is 16.1. The third kappa shape index (κ3) is 10.8. The van der Waals surface area contributed by atoms with Crippen molar-refractivity contribution in [3.05, 3.63) is 118 Å². The standard InChI is InChI=1S/C17H19N.C13H15N.C2H4O.C2H6/c1-13-7-9-15(10-8-13)11-16-5-4-6-17(12-16)14(2)18-3;1-3-12-10(2)9-11-7-5-4-6-8-13(11)14-12;1-2-3;1-2/h4-10,12,18H,2,11H2,1,3H3;5-9H,3-4H2,1-2H3;2H,1H3;1-2H3. The van der Waals surface area contributed by atoms with E-state index in [1.54, 1.807) is 0 Å². The van der Waals surface area contributed by atoms with Crippen LogP contribution in [0.2, 0.25) is 0 Å². The molecule has 0 amide bonds. The predicted molar refractivity (Wildman–Crippen MR) is 163 cm³/mol. The van der Waals surface area contributed by atoms with Crippen LogP contribution in [0.4, 0.5) is 0 Å². The molecule has 1 N–H and O–H groups in total. The Balaban J connectivity index is 0.000000322. The Morgan fingerprint density at radius 2 is 1.65 bits per heavy atom. The van der Waals surface area contributed by atoms with E-state index in [0.717, 1.165) is 42.5 Å². The molecule has 4 rings (SSSR count). The normalized spacial score (nSPS) is 10.7. The smallest absolute Gasteiger partial charge is 0.116 e. The number of aryl methyl sites for hydroxylation is 3. The number of nitrogens with one attached hydrogen (secondary N) is 1. The third-order valence-corrected chi connectivity index (χ3v) is 5.66. The number of benzene rings is 2. The average Bonchev–Trinajstić information content (AvgIpc) is 3.16. The van der Waals surface area contributed by atoms with Gasteiger partial charge in [0.2, 0.25) is 0 Å². The molecule has 1 aliphatic rings. The van der Waals surface area contributed by atoms with Gasteiger partial charge in [0.15, 0.2) is 0 Å². The molecule has 0 atom stereocenters. The van der Waals surface area contributed by atoms with Crippen molar-refractivity contribution < 1.29 is 4.79 Å². The number of nitrogens with zero attached hydrogens (tertiary/aromatic N) is 1. The first-order chi connectivity index (χ1) is 17.9. The van der Waals surface area contributed by atoms with E-state index >= 15 is 0 Å². The molecule has 0 unspecified atom stereocenters. The van der Waals surface area contributed by atoms with Gasteiger partial charge in [0.25, 0.3) is 0 Å². The second kappa shape index (κ2) is 17.7. The van der Waals surface area contributed by atoms with E-state index < -0.39 is 0 Å². The molecule has 3 nitrogen and oxygen atoms in total. The Kier molecular flexibility index (Phi) is 15.0. The molecule has 1 aromatic heterocycles. The molecular formula is C34H44N2O. The summed E-state index contributed by atoms with van der Waals surface area (Å²) in [7, 11) is 1.90. The van der Waals surface area contributed by atoms with E-state index in [2.05, 4.69) is 117 Å². The summed E-state index contributed by atoms with van der Waals surface area (Å²) in [4.78, 5) is 13.5. The molecule has 3 aromatic rings. The van der Waals surface area contributed by atoms with Crippen LogP contribution < -0.4 is 5.32 Å². The predicted octanol–water partition coefficient (Wildman–Crippen LogP) is 8.39. The summed E-state index contributed by atoms with van der Waals surface area (Å²) in [5.74, 6) is 0. The number of allylic oxidation sites excluding steroid dienone is 2. The molecule has 37 heavy (non-hydrogen) atoms. The largest absolute Gasteiger partial charge is 0.388 e. The maximum absolute atomic E-state index is 8.81. The lowest BCUT2D eigenvalue weighted by Crippen LogP contribution is -2.03. The van der Waals surface area contributed by atoms with E-state index in [1.807, 2.05) is 20.9 Å². The monoisotopic (exact) mass is 496 g/mol. The zero-order valence-electron chi connectivity index (χ0n) is 23.8. The Labute approximate surface area is 225 Å². The van der Waals surface area contributed by atoms with E-state index in [0.29, 0.717) is 0 Å². The van der Waals surface area contributed by atoms with E-state index in [-0.39, 0.29) is 0 Å².